The summed E-state index contributed by atoms with van der Waals surface area (Å²) in [6.45, 7) is 7.10. The van der Waals surface area contributed by atoms with Crippen molar-refractivity contribution >= 4 is 28.7 Å². The van der Waals surface area contributed by atoms with Crippen LogP contribution in [-0.2, 0) is 11.3 Å². The number of nitrogens with one attached hydrogen (secondary N) is 1. The van der Waals surface area contributed by atoms with Crippen molar-refractivity contribution in [3.05, 3.63) is 70.2 Å². The molecule has 0 spiro atoms. The van der Waals surface area contributed by atoms with Gasteiger partial charge in [-0.15, -0.1) is 0 Å². The highest BCUT2D eigenvalue weighted by atomic mass is 32.1. The zero-order chi connectivity index (χ0) is 30.0. The number of carbonyl (C=O) groups is 2. The number of nitrogens with zero attached hydrogens (tertiary/aromatic N) is 1. The number of unbranched alkanes of at least 4 members (excludes halogenated alkanes) is 11. The van der Waals surface area contributed by atoms with Crippen LogP contribution in [-0.4, -0.2) is 24.9 Å². The lowest BCUT2D eigenvalue weighted by Crippen LogP contribution is -2.34. The molecule has 3 rings (SSSR count). The van der Waals surface area contributed by atoms with Crippen molar-refractivity contribution in [2.45, 2.75) is 104 Å². The second-order valence-corrected chi connectivity index (χ2v) is 11.8. The summed E-state index contributed by atoms with van der Waals surface area (Å²) in [6.07, 6.45) is 15.5. The van der Waals surface area contributed by atoms with E-state index in [0.29, 0.717) is 29.4 Å². The fourth-order valence-electron chi connectivity index (χ4n) is 4.88. The van der Waals surface area contributed by atoms with Gasteiger partial charge in [-0.25, -0.2) is 0 Å². The molecule has 1 heterocycles. The molecule has 42 heavy (non-hydrogen) atoms. The molecule has 0 aliphatic carbocycles. The van der Waals surface area contributed by atoms with E-state index in [1.165, 1.54) is 76.8 Å². The largest absolute Gasteiger partial charge is 0.493 e. The Kier molecular flexibility index (Phi) is 15.1. The van der Waals surface area contributed by atoms with E-state index < -0.39 is 0 Å². The summed E-state index contributed by atoms with van der Waals surface area (Å²) in [4.78, 5) is 24.7. The van der Waals surface area contributed by atoms with Gasteiger partial charge in [-0.3, -0.25) is 9.59 Å². The van der Waals surface area contributed by atoms with Crippen molar-refractivity contribution in [3.63, 3.8) is 0 Å². The molecule has 0 bridgehead atoms. The smallest absolute Gasteiger partial charge is 0.262 e. The van der Waals surface area contributed by atoms with Crippen molar-refractivity contribution in [1.29, 1.82) is 0 Å². The molecule has 0 saturated carbocycles. The monoisotopic (exact) mass is 593 g/mol. The van der Waals surface area contributed by atoms with Crippen LogP contribution >= 0.6 is 11.3 Å². The minimum atomic E-state index is -0.262. The van der Waals surface area contributed by atoms with Crippen LogP contribution in [0.4, 0.5) is 5.69 Å². The van der Waals surface area contributed by atoms with Gasteiger partial charge in [-0.1, -0.05) is 101 Å². The zero-order valence-corrected chi connectivity index (χ0v) is 26.6. The zero-order valence-electron chi connectivity index (χ0n) is 25.8. The number of rotatable bonds is 21. The van der Waals surface area contributed by atoms with Crippen molar-refractivity contribution in [1.82, 2.24) is 0 Å². The van der Waals surface area contributed by atoms with E-state index in [4.69, 9.17) is 9.47 Å². The standard InChI is InChI=1S/C35H48N2O4S/c1-4-5-6-7-8-9-10-11-12-13-14-15-22-40-34-21-20-32(23-33(34)29(3)38)41-25-35(39)36-31-18-16-30(17-19-31)24-37-27-42-26-28(37)2/h16-21,23,26-27H,4-15,22,24-25H2,1-3H3/p+1. The second-order valence-electron chi connectivity index (χ2n) is 11.1. The number of hydrogen-bond donors (Lipinski definition) is 1. The Morgan fingerprint density at radius 2 is 1.48 bits per heavy atom. The van der Waals surface area contributed by atoms with Gasteiger partial charge in [-0.05, 0) is 43.7 Å². The van der Waals surface area contributed by atoms with Crippen molar-refractivity contribution in [2.75, 3.05) is 18.5 Å². The molecular formula is C35H49N2O4S+. The topological polar surface area (TPSA) is 68.5 Å². The van der Waals surface area contributed by atoms with Gasteiger partial charge >= 0.3 is 0 Å². The Hall–Kier alpha value is -3.19. The maximum absolute atomic E-state index is 12.5. The molecule has 1 aromatic heterocycles. The molecule has 1 N–H and O–H groups in total. The molecule has 228 valence electrons. The van der Waals surface area contributed by atoms with Crippen molar-refractivity contribution in [2.24, 2.45) is 0 Å². The number of amides is 1. The van der Waals surface area contributed by atoms with E-state index in [9.17, 15) is 9.59 Å². The molecule has 0 saturated heterocycles. The van der Waals surface area contributed by atoms with Gasteiger partial charge in [0.25, 0.3) is 5.91 Å². The average molecular weight is 594 g/mol. The Bertz CT molecular complexity index is 1220. The number of aromatic nitrogens is 1. The number of benzene rings is 2. The number of aryl methyl sites for hydroxylation is 1. The first-order valence-electron chi connectivity index (χ1n) is 15.7. The Morgan fingerprint density at radius 1 is 0.833 bits per heavy atom. The van der Waals surface area contributed by atoms with Crippen molar-refractivity contribution < 1.29 is 23.6 Å². The number of anilines is 1. The highest BCUT2D eigenvalue weighted by molar-refractivity contribution is 7.07. The van der Waals surface area contributed by atoms with E-state index in [2.05, 4.69) is 34.6 Å². The lowest BCUT2D eigenvalue weighted by Gasteiger charge is -2.13. The number of ether oxygens (including phenoxy) is 2. The van der Waals surface area contributed by atoms with E-state index >= 15 is 0 Å². The van der Waals surface area contributed by atoms with Gasteiger partial charge in [0, 0.05) is 18.2 Å². The normalized spacial score (nSPS) is 10.9. The Labute approximate surface area is 256 Å². The molecule has 1 amide bonds. The maximum atomic E-state index is 12.5. The van der Waals surface area contributed by atoms with Crippen LogP contribution in [0, 0.1) is 6.92 Å². The van der Waals surface area contributed by atoms with Crippen LogP contribution in [0.2, 0.25) is 0 Å². The Morgan fingerprint density at radius 3 is 2.07 bits per heavy atom. The lowest BCUT2D eigenvalue weighted by atomic mass is 10.1. The molecular weight excluding hydrogens is 544 g/mol. The third kappa shape index (κ3) is 12.4. The summed E-state index contributed by atoms with van der Waals surface area (Å²) in [5, 5.41) is 4.99. The minimum Gasteiger partial charge on any atom is -0.493 e. The summed E-state index contributed by atoms with van der Waals surface area (Å²) in [5.41, 5.74) is 5.67. The molecule has 7 heteroatoms. The predicted octanol–water partition coefficient (Wildman–Crippen LogP) is 8.69. The summed E-state index contributed by atoms with van der Waals surface area (Å²) in [6, 6.07) is 13.0. The summed E-state index contributed by atoms with van der Waals surface area (Å²) >= 11 is 1.68. The van der Waals surface area contributed by atoms with Crippen LogP contribution in [0.25, 0.3) is 0 Å². The van der Waals surface area contributed by atoms with Crippen LogP contribution in [0.3, 0.4) is 0 Å². The second kappa shape index (κ2) is 19.1. The van der Waals surface area contributed by atoms with E-state index in [1.54, 1.807) is 29.5 Å². The number of ketones is 1. The third-order valence-electron chi connectivity index (χ3n) is 7.43. The van der Waals surface area contributed by atoms with Gasteiger partial charge in [0.05, 0.1) is 17.6 Å². The van der Waals surface area contributed by atoms with Crippen LogP contribution in [0.15, 0.2) is 53.4 Å². The number of Topliss-reactive ketones (excluding diaryl/α,β-unsaturated/α-hetero) is 1. The predicted molar refractivity (Wildman–Crippen MR) is 172 cm³/mol. The maximum Gasteiger partial charge on any atom is 0.262 e. The summed E-state index contributed by atoms with van der Waals surface area (Å²) in [5.74, 6) is 0.679. The minimum absolute atomic E-state index is 0.0921. The summed E-state index contributed by atoms with van der Waals surface area (Å²) in [7, 11) is 0. The molecule has 0 atom stereocenters. The molecule has 6 nitrogen and oxygen atoms in total. The van der Waals surface area contributed by atoms with Gasteiger partial charge in [0.2, 0.25) is 5.51 Å². The first-order valence-corrected chi connectivity index (χ1v) is 16.6. The SMILES string of the molecule is CCCCCCCCCCCCCCOc1ccc(OCC(=O)Nc2ccc(C[n+]3cscc3C)cc2)cc1C(C)=O. The number of thiazole rings is 1. The number of hydrogen-bond acceptors (Lipinski definition) is 5. The highest BCUT2D eigenvalue weighted by Crippen LogP contribution is 2.25. The molecule has 3 aromatic rings. The van der Waals surface area contributed by atoms with Gasteiger partial charge in [0.15, 0.2) is 24.6 Å². The molecule has 0 aliphatic heterocycles. The fourth-order valence-corrected chi connectivity index (χ4v) is 5.66. The summed E-state index contributed by atoms with van der Waals surface area (Å²) < 4.78 is 13.8. The first kappa shape index (κ1) is 33.3. The lowest BCUT2D eigenvalue weighted by molar-refractivity contribution is -0.689. The third-order valence-corrected chi connectivity index (χ3v) is 8.28. The molecule has 0 aliphatic rings. The van der Waals surface area contributed by atoms with Gasteiger partial charge in [0.1, 0.15) is 11.5 Å². The molecule has 0 radical (unpaired) electrons. The highest BCUT2D eigenvalue weighted by Gasteiger charge is 2.13. The fraction of sp³-hybridized carbons (Fsp3) is 0.514. The molecule has 0 fully saturated rings. The van der Waals surface area contributed by atoms with Gasteiger partial charge < -0.3 is 14.8 Å². The van der Waals surface area contributed by atoms with Crippen LogP contribution in [0.5, 0.6) is 11.5 Å². The quantitative estimate of drug-likeness (QED) is 0.0762. The number of carbonyl (C=O) groups excluding carboxylic acids is 2. The van der Waals surface area contributed by atoms with E-state index in [1.807, 2.05) is 24.3 Å². The Balaban J connectivity index is 1.33. The van der Waals surface area contributed by atoms with Gasteiger partial charge in [-0.2, -0.15) is 4.57 Å². The average Bonchev–Trinajstić information content (AvgIpc) is 3.39. The molecule has 0 unspecified atom stereocenters. The van der Waals surface area contributed by atoms with Crippen LogP contribution < -0.4 is 19.4 Å². The van der Waals surface area contributed by atoms with Crippen molar-refractivity contribution in [3.8, 4) is 11.5 Å². The van der Waals surface area contributed by atoms with E-state index in [0.717, 1.165) is 24.9 Å². The molecule has 2 aromatic carbocycles. The first-order chi connectivity index (χ1) is 20.5. The van der Waals surface area contributed by atoms with E-state index in [-0.39, 0.29) is 18.3 Å². The van der Waals surface area contributed by atoms with Crippen LogP contribution in [0.1, 0.15) is 113 Å².